The lowest BCUT2D eigenvalue weighted by Crippen LogP contribution is -2.28. The molecule has 0 bridgehead atoms. The van der Waals surface area contributed by atoms with E-state index < -0.39 is 0 Å². The van der Waals surface area contributed by atoms with E-state index in [1.165, 1.54) is 0 Å². The summed E-state index contributed by atoms with van der Waals surface area (Å²) in [5.41, 5.74) is 12.6. The fraction of sp³-hybridized carbons (Fsp3) is 0.700. The highest BCUT2D eigenvalue weighted by Crippen LogP contribution is 2.24. The average molecular weight is 209 g/mol. The Kier molecular flexibility index (Phi) is 2.81. The van der Waals surface area contributed by atoms with Crippen molar-refractivity contribution in [2.75, 3.05) is 23.7 Å². The van der Waals surface area contributed by atoms with Crippen LogP contribution in [0.2, 0.25) is 0 Å². The summed E-state index contributed by atoms with van der Waals surface area (Å²) >= 11 is 0. The molecule has 0 aromatic carbocycles. The Morgan fingerprint density at radius 2 is 2.20 bits per heavy atom. The van der Waals surface area contributed by atoms with Crippen LogP contribution in [-0.4, -0.2) is 28.9 Å². The van der Waals surface area contributed by atoms with E-state index in [1.54, 1.807) is 6.20 Å². The number of nitrogen functional groups attached to an aromatic ring is 1. The van der Waals surface area contributed by atoms with Gasteiger partial charge in [-0.3, -0.25) is 4.68 Å². The molecule has 1 fully saturated rings. The third kappa shape index (κ3) is 2.07. The number of hydrogen-bond acceptors (Lipinski definition) is 4. The Balaban J connectivity index is 2.16. The van der Waals surface area contributed by atoms with Crippen LogP contribution in [-0.2, 0) is 7.05 Å². The second-order valence-corrected chi connectivity index (χ2v) is 4.23. The molecular weight excluding hydrogens is 190 g/mol. The van der Waals surface area contributed by atoms with E-state index in [4.69, 9.17) is 11.5 Å². The lowest BCUT2D eigenvalue weighted by atomic mass is 10.1. The van der Waals surface area contributed by atoms with Gasteiger partial charge in [0.05, 0.1) is 11.9 Å². The maximum atomic E-state index is 5.95. The van der Waals surface area contributed by atoms with Crippen molar-refractivity contribution in [2.45, 2.75) is 25.3 Å². The largest absolute Gasteiger partial charge is 0.394 e. The molecule has 0 radical (unpaired) electrons. The Labute approximate surface area is 90.0 Å². The minimum absolute atomic E-state index is 0.337. The molecule has 0 unspecified atom stereocenters. The average Bonchev–Trinajstić information content (AvgIpc) is 2.41. The molecule has 0 saturated carbocycles. The van der Waals surface area contributed by atoms with Gasteiger partial charge in [0.2, 0.25) is 0 Å². The van der Waals surface area contributed by atoms with Crippen LogP contribution in [0.5, 0.6) is 0 Å². The summed E-state index contributed by atoms with van der Waals surface area (Å²) in [6.45, 7) is 2.00. The van der Waals surface area contributed by atoms with Crippen molar-refractivity contribution in [2.24, 2.45) is 12.8 Å². The second kappa shape index (κ2) is 4.10. The highest BCUT2D eigenvalue weighted by atomic mass is 15.4. The summed E-state index contributed by atoms with van der Waals surface area (Å²) in [4.78, 5) is 2.29. The first-order chi connectivity index (χ1) is 7.18. The topological polar surface area (TPSA) is 73.1 Å². The Hall–Kier alpha value is -1.23. The predicted octanol–water partition coefficient (Wildman–Crippen LogP) is 0.320. The molecule has 0 amide bonds. The molecule has 84 valence electrons. The van der Waals surface area contributed by atoms with E-state index in [9.17, 15) is 0 Å². The van der Waals surface area contributed by atoms with Gasteiger partial charge in [0.25, 0.3) is 0 Å². The van der Waals surface area contributed by atoms with Crippen molar-refractivity contribution in [1.29, 1.82) is 0 Å². The molecule has 1 aromatic rings. The lowest BCUT2D eigenvalue weighted by Gasteiger charge is -2.23. The van der Waals surface area contributed by atoms with Crippen LogP contribution in [0, 0.1) is 0 Å². The van der Waals surface area contributed by atoms with Crippen molar-refractivity contribution in [3.8, 4) is 0 Å². The Morgan fingerprint density at radius 1 is 1.40 bits per heavy atom. The van der Waals surface area contributed by atoms with E-state index in [1.807, 2.05) is 11.7 Å². The second-order valence-electron chi connectivity index (χ2n) is 4.23. The molecule has 2 heterocycles. The van der Waals surface area contributed by atoms with Crippen LogP contribution in [0.3, 0.4) is 0 Å². The van der Waals surface area contributed by atoms with E-state index in [0.29, 0.717) is 6.04 Å². The molecular formula is C10H19N5. The van der Waals surface area contributed by atoms with E-state index >= 15 is 0 Å². The summed E-state index contributed by atoms with van der Waals surface area (Å²) in [6.07, 6.45) is 4.98. The quantitative estimate of drug-likeness (QED) is 0.698. The highest BCUT2D eigenvalue weighted by Gasteiger charge is 2.18. The molecule has 5 heteroatoms. The molecule has 1 saturated heterocycles. The maximum absolute atomic E-state index is 5.95. The number of anilines is 2. The number of aromatic nitrogens is 2. The maximum Gasteiger partial charge on any atom is 0.150 e. The van der Waals surface area contributed by atoms with Crippen LogP contribution >= 0.6 is 0 Å². The van der Waals surface area contributed by atoms with Crippen molar-refractivity contribution in [3.05, 3.63) is 6.20 Å². The molecule has 0 spiro atoms. The van der Waals surface area contributed by atoms with Gasteiger partial charge in [0.15, 0.2) is 0 Å². The molecule has 1 aliphatic rings. The van der Waals surface area contributed by atoms with E-state index in [-0.39, 0.29) is 0 Å². The van der Waals surface area contributed by atoms with Crippen LogP contribution in [0.25, 0.3) is 0 Å². The van der Waals surface area contributed by atoms with Gasteiger partial charge in [0, 0.05) is 26.2 Å². The molecule has 1 aromatic heterocycles. The minimum Gasteiger partial charge on any atom is -0.394 e. The van der Waals surface area contributed by atoms with E-state index in [2.05, 4.69) is 10.00 Å². The molecule has 1 aliphatic heterocycles. The SMILES string of the molecule is Cn1ncc(N)c1N1CCC[C@@H](N)CC1. The van der Waals surface area contributed by atoms with Gasteiger partial charge in [-0.2, -0.15) is 5.10 Å². The number of nitrogens with zero attached hydrogens (tertiary/aromatic N) is 3. The fourth-order valence-corrected chi connectivity index (χ4v) is 2.17. The summed E-state index contributed by atoms with van der Waals surface area (Å²) < 4.78 is 1.84. The molecule has 2 rings (SSSR count). The first-order valence-corrected chi connectivity index (χ1v) is 5.46. The van der Waals surface area contributed by atoms with Gasteiger partial charge in [-0.15, -0.1) is 0 Å². The summed E-state index contributed by atoms with van der Waals surface area (Å²) in [6, 6.07) is 0.337. The third-order valence-corrected chi connectivity index (χ3v) is 3.01. The fourth-order valence-electron chi connectivity index (χ4n) is 2.17. The van der Waals surface area contributed by atoms with E-state index in [0.717, 1.165) is 43.9 Å². The first kappa shape index (κ1) is 10.3. The van der Waals surface area contributed by atoms with Crippen molar-refractivity contribution >= 4 is 11.5 Å². The molecule has 0 aliphatic carbocycles. The number of rotatable bonds is 1. The van der Waals surface area contributed by atoms with Gasteiger partial charge < -0.3 is 16.4 Å². The highest BCUT2D eigenvalue weighted by molar-refractivity contribution is 5.62. The van der Waals surface area contributed by atoms with Crippen molar-refractivity contribution < 1.29 is 0 Å². The van der Waals surface area contributed by atoms with Gasteiger partial charge >= 0.3 is 0 Å². The first-order valence-electron chi connectivity index (χ1n) is 5.46. The van der Waals surface area contributed by atoms with Gasteiger partial charge in [-0.05, 0) is 19.3 Å². The van der Waals surface area contributed by atoms with Crippen molar-refractivity contribution in [1.82, 2.24) is 9.78 Å². The van der Waals surface area contributed by atoms with Crippen LogP contribution in [0.15, 0.2) is 6.20 Å². The smallest absolute Gasteiger partial charge is 0.150 e. The number of aryl methyl sites for hydroxylation is 1. The summed E-state index contributed by atoms with van der Waals surface area (Å²) in [5.74, 6) is 1.03. The Morgan fingerprint density at radius 3 is 2.87 bits per heavy atom. The van der Waals surface area contributed by atoms with Crippen LogP contribution < -0.4 is 16.4 Å². The standard InChI is InChI=1S/C10H19N5/c1-14-10(9(12)7-13-14)15-5-2-3-8(11)4-6-15/h7-8H,2-6,11-12H2,1H3/t8-/m1/s1. The molecule has 15 heavy (non-hydrogen) atoms. The Bertz CT molecular complexity index is 313. The van der Waals surface area contributed by atoms with Crippen molar-refractivity contribution in [3.63, 3.8) is 0 Å². The number of nitrogens with two attached hydrogens (primary N) is 2. The normalized spacial score (nSPS) is 22.8. The summed E-state index contributed by atoms with van der Waals surface area (Å²) in [5, 5.41) is 4.16. The van der Waals surface area contributed by atoms with Crippen LogP contribution in [0.4, 0.5) is 11.5 Å². The predicted molar refractivity (Wildman–Crippen MR) is 61.7 cm³/mol. The third-order valence-electron chi connectivity index (χ3n) is 3.01. The molecule has 4 N–H and O–H groups in total. The molecule has 5 nitrogen and oxygen atoms in total. The minimum atomic E-state index is 0.337. The zero-order chi connectivity index (χ0) is 10.8. The number of hydrogen-bond donors (Lipinski definition) is 2. The zero-order valence-electron chi connectivity index (χ0n) is 9.19. The lowest BCUT2D eigenvalue weighted by molar-refractivity contribution is 0.601. The monoisotopic (exact) mass is 209 g/mol. The van der Waals surface area contributed by atoms with Gasteiger partial charge in [0.1, 0.15) is 5.82 Å². The zero-order valence-corrected chi connectivity index (χ0v) is 9.19. The molecule has 1 atom stereocenters. The van der Waals surface area contributed by atoms with Gasteiger partial charge in [-0.1, -0.05) is 0 Å². The van der Waals surface area contributed by atoms with Gasteiger partial charge in [-0.25, -0.2) is 0 Å². The summed E-state index contributed by atoms with van der Waals surface area (Å²) in [7, 11) is 1.93. The van der Waals surface area contributed by atoms with Crippen LogP contribution in [0.1, 0.15) is 19.3 Å².